The van der Waals surface area contributed by atoms with E-state index in [0.29, 0.717) is 81.5 Å². The molecule has 0 amide bonds. The van der Waals surface area contributed by atoms with Crippen molar-refractivity contribution < 1.29 is 74.6 Å². The summed E-state index contributed by atoms with van der Waals surface area (Å²) < 4.78 is 98.5. The topological polar surface area (TPSA) is 142 Å². The summed E-state index contributed by atoms with van der Waals surface area (Å²) >= 11 is 0. The van der Waals surface area contributed by atoms with E-state index in [1.54, 1.807) is 20.8 Å². The van der Waals surface area contributed by atoms with Gasteiger partial charge in [0.1, 0.15) is 19.8 Å². The van der Waals surface area contributed by atoms with Gasteiger partial charge in [0.05, 0.1) is 59.4 Å². The van der Waals surface area contributed by atoms with Crippen molar-refractivity contribution in [2.45, 2.75) is 196 Å². The second-order valence-electron chi connectivity index (χ2n) is 29.0. The highest BCUT2D eigenvalue weighted by Crippen LogP contribution is 2.64. The lowest BCUT2D eigenvalue weighted by molar-refractivity contribution is -0.227. The van der Waals surface area contributed by atoms with Gasteiger partial charge in [-0.05, 0) is 225 Å². The monoisotopic (exact) mass is 1440 g/mol. The minimum atomic E-state index is -3.37. The number of ketones is 2. The summed E-state index contributed by atoms with van der Waals surface area (Å²) in [6, 6.07) is 64.3. The number of Topliss-reactive ketones (excluding diaryl/α,β-unsaturated/α-hetero) is 2. The molecule has 8 aliphatic rings. The molecule has 0 N–H and O–H groups in total. The van der Waals surface area contributed by atoms with E-state index in [0.717, 1.165) is 83.5 Å². The fourth-order valence-electron chi connectivity index (χ4n) is 16.1. The first-order chi connectivity index (χ1) is 48.7. The number of halogens is 4. The summed E-state index contributed by atoms with van der Waals surface area (Å²) in [5.74, 6) is -7.94. The van der Waals surface area contributed by atoms with Gasteiger partial charge in [0.15, 0.2) is 42.0 Å². The van der Waals surface area contributed by atoms with Crippen LogP contribution in [0.5, 0.6) is 0 Å². The average Bonchev–Trinajstić information content (AvgIpc) is 0.730. The highest BCUT2D eigenvalue weighted by molar-refractivity contribution is 7.97. The fourth-order valence-corrected chi connectivity index (χ4v) is 20.4. The van der Waals surface area contributed by atoms with Crippen LogP contribution < -0.4 is 0 Å². The van der Waals surface area contributed by atoms with Crippen molar-refractivity contribution >= 4 is 45.3 Å². The number of carbonyl (C=O) groups excluding carboxylic acids is 4. The first kappa shape index (κ1) is 79.4. The van der Waals surface area contributed by atoms with E-state index in [4.69, 9.17) is 37.9 Å². The Morgan fingerprint density at radius 1 is 0.422 bits per heavy atom. The maximum Gasteiger partial charge on any atom is 0.333 e. The van der Waals surface area contributed by atoms with Crippen LogP contribution in [0.3, 0.4) is 0 Å². The van der Waals surface area contributed by atoms with E-state index >= 15 is 0 Å². The van der Waals surface area contributed by atoms with Gasteiger partial charge in [-0.15, -0.1) is 0 Å². The number of hydrogen-bond donors (Lipinski definition) is 0. The van der Waals surface area contributed by atoms with Crippen LogP contribution in [0, 0.1) is 34.5 Å². The van der Waals surface area contributed by atoms with Gasteiger partial charge in [-0.1, -0.05) is 122 Å². The highest BCUT2D eigenvalue weighted by Gasteiger charge is 2.60. The van der Waals surface area contributed by atoms with Crippen LogP contribution in [0.1, 0.15) is 131 Å². The quantitative estimate of drug-likeness (QED) is 0.00991. The number of esters is 2. The summed E-state index contributed by atoms with van der Waals surface area (Å²) in [6.45, 7) is 16.3. The van der Waals surface area contributed by atoms with Crippen LogP contribution in [-0.4, -0.2) is 112 Å². The average molecular weight is 1440 g/mol. The molecule has 0 aromatic heterocycles. The molecule has 8 aliphatic carbocycles. The molecule has 6 aromatic rings. The van der Waals surface area contributed by atoms with Crippen LogP contribution in [0.15, 0.2) is 236 Å². The van der Waals surface area contributed by atoms with E-state index in [1.165, 1.54) is 29.4 Å². The van der Waals surface area contributed by atoms with Gasteiger partial charge < -0.3 is 37.9 Å². The minimum absolute atomic E-state index is 0.0146. The normalized spacial score (nSPS) is 24.0. The van der Waals surface area contributed by atoms with Crippen LogP contribution in [0.2, 0.25) is 0 Å². The summed E-state index contributed by atoms with van der Waals surface area (Å²) in [5.41, 5.74) is -0.386. The molecule has 0 heterocycles. The van der Waals surface area contributed by atoms with Gasteiger partial charge in [-0.2, -0.15) is 17.6 Å². The van der Waals surface area contributed by atoms with Gasteiger partial charge in [0.2, 0.25) is 11.6 Å². The smallest absolute Gasteiger partial charge is 0.333 e. The number of hydrogen-bond acceptors (Lipinski definition) is 12. The van der Waals surface area contributed by atoms with Gasteiger partial charge in [0.25, 0.3) is 0 Å². The number of rotatable bonds is 32. The van der Waals surface area contributed by atoms with Crippen LogP contribution in [-0.2, 0) is 78.9 Å². The molecule has 6 unspecified atom stereocenters. The molecule has 18 heteroatoms. The molecule has 6 aromatic carbocycles. The predicted molar refractivity (Wildman–Crippen MR) is 389 cm³/mol. The van der Waals surface area contributed by atoms with Crippen molar-refractivity contribution in [3.8, 4) is 0 Å². The molecule has 0 aliphatic heterocycles. The Hall–Kier alpha value is -6.74. The zero-order chi connectivity index (χ0) is 73.0. The molecule has 6 atom stereocenters. The van der Waals surface area contributed by atoms with E-state index in [2.05, 4.69) is 195 Å². The molecular weight excluding hydrogens is 1340 g/mol. The molecular formula is C84H102F4O12S2+2. The number of unbranched alkanes of at least 4 members (excludes halogenated alkanes) is 1. The molecule has 8 fully saturated rings. The molecule has 548 valence electrons. The van der Waals surface area contributed by atoms with Crippen LogP contribution in [0.25, 0.3) is 0 Å². The SMILES string of the molecule is C=C(C)C(=O)OCCCCOC(C)OCC12CC3CC(C1)CC(OCC(=O)C(C)(F)F)(C3)C2.C=C(C)C(=O)OCCOC(C)OCC12CC3CC(C1)CC(OCC(=O)C(C)(F)F)(C3)C2.c1ccc([S+](c2ccccc2)c2ccccc2)cc1.c1ccc([S+](c2ccccc2)c2ccccc2)cc1. The third-order valence-electron chi connectivity index (χ3n) is 19.9. The number of ether oxygens (including phenoxy) is 8. The highest BCUT2D eigenvalue weighted by atomic mass is 32.2. The Labute approximate surface area is 606 Å². The van der Waals surface area contributed by atoms with Crippen LogP contribution >= 0.6 is 0 Å². The van der Waals surface area contributed by atoms with Crippen molar-refractivity contribution in [1.29, 1.82) is 0 Å². The lowest BCUT2D eigenvalue weighted by Gasteiger charge is -2.61. The van der Waals surface area contributed by atoms with Crippen molar-refractivity contribution in [2.75, 3.05) is 52.9 Å². The third-order valence-corrected chi connectivity index (χ3v) is 24.3. The van der Waals surface area contributed by atoms with E-state index in [1.807, 2.05) is 6.92 Å². The largest absolute Gasteiger partial charge is 0.462 e. The third kappa shape index (κ3) is 23.1. The maximum absolute atomic E-state index is 13.3. The van der Waals surface area contributed by atoms with Gasteiger partial charge in [-0.3, -0.25) is 9.59 Å². The molecule has 12 nitrogen and oxygen atoms in total. The van der Waals surface area contributed by atoms with E-state index in [-0.39, 0.29) is 58.1 Å². The molecule has 102 heavy (non-hydrogen) atoms. The summed E-state index contributed by atoms with van der Waals surface area (Å²) in [6.07, 6.45) is 11.8. The summed E-state index contributed by atoms with van der Waals surface area (Å²) in [4.78, 5) is 54.3. The van der Waals surface area contributed by atoms with Crippen molar-refractivity contribution in [3.63, 3.8) is 0 Å². The van der Waals surface area contributed by atoms with Crippen molar-refractivity contribution in [3.05, 3.63) is 206 Å². The molecule has 0 saturated heterocycles. The zero-order valence-electron chi connectivity index (χ0n) is 60.0. The first-order valence-corrected chi connectivity index (χ1v) is 38.2. The second-order valence-corrected chi connectivity index (χ2v) is 33.1. The number of alkyl halides is 4. The van der Waals surface area contributed by atoms with Crippen molar-refractivity contribution in [2.24, 2.45) is 34.5 Å². The van der Waals surface area contributed by atoms with Gasteiger partial charge in [-0.25, -0.2) is 9.59 Å². The zero-order valence-corrected chi connectivity index (χ0v) is 61.6. The van der Waals surface area contributed by atoms with Gasteiger partial charge >= 0.3 is 23.8 Å². The van der Waals surface area contributed by atoms with Gasteiger partial charge in [0, 0.05) is 31.6 Å². The summed E-state index contributed by atoms with van der Waals surface area (Å²) in [7, 11) is -0.0293. The Morgan fingerprint density at radius 2 is 0.696 bits per heavy atom. The van der Waals surface area contributed by atoms with Crippen molar-refractivity contribution in [1.82, 2.24) is 0 Å². The molecule has 8 bridgehead atoms. The lowest BCUT2D eigenvalue weighted by atomic mass is 9.48. The minimum Gasteiger partial charge on any atom is -0.462 e. The van der Waals surface area contributed by atoms with E-state index in [9.17, 15) is 36.7 Å². The summed E-state index contributed by atoms with van der Waals surface area (Å²) in [5, 5.41) is 0. The number of carbonyl (C=O) groups is 4. The first-order valence-electron chi connectivity index (χ1n) is 35.7. The van der Waals surface area contributed by atoms with E-state index < -0.39 is 60.1 Å². The second kappa shape index (κ2) is 36.8. The standard InChI is InChI=1S/C25H38F2O6.C23H34F2O6.2C18H15S/c1-17(2)22(29)31-8-6-5-7-30-18(3)32-16-24-10-19-9-20(11-24)13-25(12-19,15-24)33-14-21(28)23(4,26)27;1-15(2)20(27)29-6-5-28-16(3)30-14-22-8-17-7-18(9-22)11-23(10-17,13-22)31-12-19(26)21(4,24)25;2*1-4-10-16(11-5-1)19(17-12-6-2-7-13-17)18-14-8-3-9-15-18/h18-20H,1,5-16H2,2-4H3;16-18H,1,5-14H2,2-4H3;2*1-15H/q;;2*+1. The Bertz CT molecular complexity index is 3300. The fraction of sp³-hybridized carbons (Fsp3) is 0.476. The molecule has 14 rings (SSSR count). The molecule has 0 radical (unpaired) electrons. The Morgan fingerprint density at radius 3 is 0.980 bits per heavy atom. The molecule has 0 spiro atoms. The Kier molecular flexibility index (Phi) is 28.6. The lowest BCUT2D eigenvalue weighted by Crippen LogP contribution is -2.58. The molecule has 8 saturated carbocycles. The van der Waals surface area contributed by atoms with Crippen LogP contribution in [0.4, 0.5) is 17.6 Å². The number of benzene rings is 6. The maximum atomic E-state index is 13.3. The Balaban J connectivity index is 0.000000163. The predicted octanol–water partition coefficient (Wildman–Crippen LogP) is 18.5.